The van der Waals surface area contributed by atoms with Gasteiger partial charge in [-0.15, -0.1) is 11.8 Å². The Morgan fingerprint density at radius 2 is 1.81 bits per heavy atom. The Morgan fingerprint density at radius 3 is 2.25 bits per heavy atom. The zero-order valence-electron chi connectivity index (χ0n) is 11.9. The second-order valence-corrected chi connectivity index (χ2v) is 7.73. The fourth-order valence-corrected chi connectivity index (χ4v) is 3.93. The molecule has 0 aromatic heterocycles. The van der Waals surface area contributed by atoms with Crippen LogP contribution in [-0.4, -0.2) is 16.8 Å². The van der Waals surface area contributed by atoms with E-state index in [0.717, 1.165) is 12.3 Å². The fourth-order valence-electron chi connectivity index (χ4n) is 2.71. The van der Waals surface area contributed by atoms with E-state index in [9.17, 15) is 0 Å². The first kappa shape index (κ1) is 14.4. The molecule has 1 aliphatic rings. The molecule has 16 heavy (non-hydrogen) atoms. The first-order chi connectivity index (χ1) is 7.30. The van der Waals surface area contributed by atoms with Crippen molar-refractivity contribution in [2.75, 3.05) is 0 Å². The molecule has 2 heteroatoms. The maximum atomic E-state index is 6.31. The minimum absolute atomic E-state index is 0.308. The normalized spacial score (nSPS) is 39.0. The topological polar surface area (TPSA) is 9.23 Å². The van der Waals surface area contributed by atoms with Gasteiger partial charge >= 0.3 is 0 Å². The predicted octanol–water partition coefficient (Wildman–Crippen LogP) is 4.56. The summed E-state index contributed by atoms with van der Waals surface area (Å²) in [5, 5.41) is 0.651. The SMILES string of the molecule is CCC1OC(SC(C)C)[C@H](C)C(C)C1(C)C. The summed E-state index contributed by atoms with van der Waals surface area (Å²) in [4.78, 5) is 0. The van der Waals surface area contributed by atoms with Crippen molar-refractivity contribution in [1.29, 1.82) is 0 Å². The summed E-state index contributed by atoms with van der Waals surface area (Å²) in [6.07, 6.45) is 1.54. The summed E-state index contributed by atoms with van der Waals surface area (Å²) in [6.45, 7) is 16.2. The molecule has 3 unspecified atom stereocenters. The van der Waals surface area contributed by atoms with Gasteiger partial charge in [0, 0.05) is 5.25 Å². The van der Waals surface area contributed by atoms with Gasteiger partial charge in [0.2, 0.25) is 0 Å². The predicted molar refractivity (Wildman–Crippen MR) is 73.8 cm³/mol. The van der Waals surface area contributed by atoms with E-state index in [1.165, 1.54) is 0 Å². The van der Waals surface area contributed by atoms with Crippen LogP contribution in [0.15, 0.2) is 0 Å². The molecule has 0 radical (unpaired) electrons. The average molecular weight is 244 g/mol. The van der Waals surface area contributed by atoms with Crippen molar-refractivity contribution in [2.45, 2.75) is 71.7 Å². The number of hydrogen-bond donors (Lipinski definition) is 0. The number of ether oxygens (including phenoxy) is 1. The molecule has 1 aliphatic heterocycles. The third-order valence-corrected chi connectivity index (χ3v) is 5.65. The lowest BCUT2D eigenvalue weighted by Crippen LogP contribution is -2.50. The molecule has 1 rings (SSSR count). The number of thioether (sulfide) groups is 1. The van der Waals surface area contributed by atoms with Gasteiger partial charge in [0.15, 0.2) is 0 Å². The van der Waals surface area contributed by atoms with Gasteiger partial charge in [-0.2, -0.15) is 0 Å². The molecule has 1 heterocycles. The maximum Gasteiger partial charge on any atom is 0.106 e. The van der Waals surface area contributed by atoms with E-state index in [1.807, 2.05) is 11.8 Å². The standard InChI is InChI=1S/C14H28OS/c1-8-12-14(6,7)11(5)10(4)13(15-12)16-9(2)3/h9-13H,8H2,1-7H3/t10-,11?,12?,13?/m1/s1. The van der Waals surface area contributed by atoms with Crippen LogP contribution in [-0.2, 0) is 4.74 Å². The summed E-state index contributed by atoms with van der Waals surface area (Å²) in [5.41, 5.74) is 0.690. The summed E-state index contributed by atoms with van der Waals surface area (Å²) >= 11 is 1.98. The molecule has 1 saturated heterocycles. The summed E-state index contributed by atoms with van der Waals surface area (Å²) in [7, 11) is 0. The first-order valence-corrected chi connectivity index (χ1v) is 7.55. The van der Waals surface area contributed by atoms with Crippen LogP contribution in [0.3, 0.4) is 0 Å². The lowest BCUT2D eigenvalue weighted by molar-refractivity contribution is -0.141. The van der Waals surface area contributed by atoms with Gasteiger partial charge in [-0.1, -0.05) is 48.5 Å². The lowest BCUT2D eigenvalue weighted by atomic mass is 9.67. The quantitative estimate of drug-likeness (QED) is 0.719. The Morgan fingerprint density at radius 1 is 1.25 bits per heavy atom. The van der Waals surface area contributed by atoms with Crippen LogP contribution in [0.5, 0.6) is 0 Å². The van der Waals surface area contributed by atoms with E-state index in [4.69, 9.17) is 4.74 Å². The zero-order valence-corrected chi connectivity index (χ0v) is 12.7. The molecule has 0 aromatic carbocycles. The van der Waals surface area contributed by atoms with Crippen LogP contribution in [0.2, 0.25) is 0 Å². The van der Waals surface area contributed by atoms with E-state index < -0.39 is 0 Å². The smallest absolute Gasteiger partial charge is 0.106 e. The molecule has 0 aliphatic carbocycles. The molecule has 0 bridgehead atoms. The molecule has 0 saturated carbocycles. The molecule has 0 aromatic rings. The Kier molecular flexibility index (Phi) is 4.76. The monoisotopic (exact) mass is 244 g/mol. The second kappa shape index (κ2) is 5.30. The van der Waals surface area contributed by atoms with Crippen LogP contribution in [0.4, 0.5) is 0 Å². The van der Waals surface area contributed by atoms with E-state index in [-0.39, 0.29) is 0 Å². The van der Waals surface area contributed by atoms with E-state index in [2.05, 4.69) is 48.5 Å². The highest BCUT2D eigenvalue weighted by atomic mass is 32.2. The molecule has 0 N–H and O–H groups in total. The van der Waals surface area contributed by atoms with Crippen LogP contribution < -0.4 is 0 Å². The largest absolute Gasteiger partial charge is 0.364 e. The minimum Gasteiger partial charge on any atom is -0.364 e. The lowest BCUT2D eigenvalue weighted by Gasteiger charge is -2.50. The molecular weight excluding hydrogens is 216 g/mol. The highest BCUT2D eigenvalue weighted by Gasteiger charge is 2.46. The number of rotatable bonds is 3. The fraction of sp³-hybridized carbons (Fsp3) is 1.00. The molecule has 0 spiro atoms. The van der Waals surface area contributed by atoms with Crippen molar-refractivity contribution in [3.05, 3.63) is 0 Å². The third kappa shape index (κ3) is 2.76. The third-order valence-electron chi connectivity index (χ3n) is 4.30. The molecule has 1 fully saturated rings. The van der Waals surface area contributed by atoms with Crippen molar-refractivity contribution in [2.24, 2.45) is 17.3 Å². The summed E-state index contributed by atoms with van der Waals surface area (Å²) in [6, 6.07) is 0. The highest BCUT2D eigenvalue weighted by molar-refractivity contribution is 8.00. The van der Waals surface area contributed by atoms with Crippen molar-refractivity contribution in [3.8, 4) is 0 Å². The van der Waals surface area contributed by atoms with Gasteiger partial charge in [-0.3, -0.25) is 0 Å². The highest BCUT2D eigenvalue weighted by Crippen LogP contribution is 2.48. The van der Waals surface area contributed by atoms with E-state index in [1.54, 1.807) is 0 Å². The van der Waals surface area contributed by atoms with Gasteiger partial charge in [0.25, 0.3) is 0 Å². The first-order valence-electron chi connectivity index (χ1n) is 6.61. The van der Waals surface area contributed by atoms with Crippen LogP contribution >= 0.6 is 11.8 Å². The van der Waals surface area contributed by atoms with Crippen molar-refractivity contribution in [1.82, 2.24) is 0 Å². The Balaban J connectivity index is 2.79. The number of hydrogen-bond acceptors (Lipinski definition) is 2. The zero-order chi connectivity index (χ0) is 12.5. The van der Waals surface area contributed by atoms with Crippen molar-refractivity contribution < 1.29 is 4.74 Å². The van der Waals surface area contributed by atoms with Gasteiger partial charge in [-0.25, -0.2) is 0 Å². The van der Waals surface area contributed by atoms with Crippen molar-refractivity contribution in [3.63, 3.8) is 0 Å². The average Bonchev–Trinajstić information content (AvgIpc) is 2.19. The van der Waals surface area contributed by atoms with Crippen LogP contribution in [0, 0.1) is 17.3 Å². The maximum absolute atomic E-state index is 6.31. The summed E-state index contributed by atoms with van der Waals surface area (Å²) in [5.74, 6) is 1.37. The van der Waals surface area contributed by atoms with Crippen LogP contribution in [0.25, 0.3) is 0 Å². The van der Waals surface area contributed by atoms with E-state index in [0.29, 0.717) is 28.1 Å². The summed E-state index contributed by atoms with van der Waals surface area (Å²) < 4.78 is 6.31. The van der Waals surface area contributed by atoms with Gasteiger partial charge in [0.05, 0.1) is 6.10 Å². The van der Waals surface area contributed by atoms with Crippen LogP contribution in [0.1, 0.15) is 54.9 Å². The molecular formula is C14H28OS. The Hall–Kier alpha value is 0.310. The Labute approximate surface area is 106 Å². The second-order valence-electron chi connectivity index (χ2n) is 6.06. The van der Waals surface area contributed by atoms with Gasteiger partial charge in [0.1, 0.15) is 5.44 Å². The van der Waals surface area contributed by atoms with Crippen molar-refractivity contribution >= 4 is 11.8 Å². The molecule has 0 amide bonds. The Bertz CT molecular complexity index is 221. The van der Waals surface area contributed by atoms with Gasteiger partial charge in [-0.05, 0) is 23.7 Å². The van der Waals surface area contributed by atoms with Gasteiger partial charge < -0.3 is 4.74 Å². The minimum atomic E-state index is 0.308. The molecule has 4 atom stereocenters. The molecule has 1 nitrogen and oxygen atoms in total. The van der Waals surface area contributed by atoms with E-state index >= 15 is 0 Å². The molecule has 96 valence electrons.